The molecule has 0 fully saturated rings. The van der Waals surface area contributed by atoms with Crippen LogP contribution in [0.4, 0.5) is 5.69 Å². The molecule has 28 heavy (non-hydrogen) atoms. The topological polar surface area (TPSA) is 81.9 Å². The SMILES string of the molecule is CC(C)n1nnnc1CSCC(=O)Nc1cccc(COc2ccccc2)c1. The van der Waals surface area contributed by atoms with Gasteiger partial charge in [0.15, 0.2) is 5.82 Å². The summed E-state index contributed by atoms with van der Waals surface area (Å²) in [4.78, 5) is 12.2. The third-order valence-corrected chi connectivity index (χ3v) is 4.80. The molecule has 0 aliphatic heterocycles. The van der Waals surface area contributed by atoms with Crippen molar-refractivity contribution in [3.63, 3.8) is 0 Å². The molecule has 7 nitrogen and oxygen atoms in total. The Balaban J connectivity index is 1.46. The van der Waals surface area contributed by atoms with Crippen LogP contribution in [0.3, 0.4) is 0 Å². The highest BCUT2D eigenvalue weighted by atomic mass is 32.2. The van der Waals surface area contributed by atoms with Gasteiger partial charge in [0, 0.05) is 5.69 Å². The van der Waals surface area contributed by atoms with Gasteiger partial charge in [-0.25, -0.2) is 4.68 Å². The van der Waals surface area contributed by atoms with Crippen LogP contribution < -0.4 is 10.1 Å². The largest absolute Gasteiger partial charge is 0.489 e. The molecule has 1 N–H and O–H groups in total. The Morgan fingerprint density at radius 1 is 1.18 bits per heavy atom. The molecular formula is C20H23N5O2S. The molecule has 8 heteroatoms. The van der Waals surface area contributed by atoms with E-state index in [0.29, 0.717) is 18.1 Å². The number of amides is 1. The molecule has 0 aliphatic carbocycles. The highest BCUT2D eigenvalue weighted by Crippen LogP contribution is 2.16. The summed E-state index contributed by atoms with van der Waals surface area (Å²) in [5.41, 5.74) is 1.75. The number of para-hydroxylation sites is 1. The van der Waals surface area contributed by atoms with Crippen molar-refractivity contribution in [3.8, 4) is 5.75 Å². The van der Waals surface area contributed by atoms with E-state index in [2.05, 4.69) is 20.8 Å². The van der Waals surface area contributed by atoms with Crippen LogP contribution in [0.2, 0.25) is 0 Å². The van der Waals surface area contributed by atoms with Crippen LogP contribution in [0, 0.1) is 0 Å². The van der Waals surface area contributed by atoms with Crippen molar-refractivity contribution < 1.29 is 9.53 Å². The Morgan fingerprint density at radius 3 is 2.79 bits per heavy atom. The molecule has 3 aromatic rings. The van der Waals surface area contributed by atoms with Crippen LogP contribution in [0.15, 0.2) is 54.6 Å². The average Bonchev–Trinajstić information content (AvgIpc) is 3.16. The minimum absolute atomic E-state index is 0.0605. The predicted octanol–water partition coefficient (Wildman–Crippen LogP) is 3.70. The first-order valence-electron chi connectivity index (χ1n) is 9.03. The van der Waals surface area contributed by atoms with Gasteiger partial charge in [0.1, 0.15) is 12.4 Å². The molecule has 1 amide bonds. The molecule has 0 saturated heterocycles. The molecule has 0 atom stereocenters. The van der Waals surface area contributed by atoms with Crippen molar-refractivity contribution in [3.05, 3.63) is 66.0 Å². The number of hydrogen-bond donors (Lipinski definition) is 1. The number of benzene rings is 2. The highest BCUT2D eigenvalue weighted by molar-refractivity contribution is 7.99. The van der Waals surface area contributed by atoms with E-state index in [1.54, 1.807) is 4.68 Å². The zero-order valence-corrected chi connectivity index (χ0v) is 16.7. The number of thioether (sulfide) groups is 1. The molecule has 0 aliphatic rings. The molecule has 0 spiro atoms. The smallest absolute Gasteiger partial charge is 0.234 e. The lowest BCUT2D eigenvalue weighted by Gasteiger charge is -2.09. The Morgan fingerprint density at radius 2 is 2.00 bits per heavy atom. The van der Waals surface area contributed by atoms with E-state index < -0.39 is 0 Å². The number of tetrazole rings is 1. The first kappa shape index (κ1) is 19.9. The fourth-order valence-electron chi connectivity index (χ4n) is 2.56. The number of rotatable bonds is 9. The summed E-state index contributed by atoms with van der Waals surface area (Å²) in [5, 5.41) is 14.6. The minimum Gasteiger partial charge on any atom is -0.489 e. The van der Waals surface area contributed by atoms with Gasteiger partial charge in [0.2, 0.25) is 5.91 Å². The Labute approximate surface area is 168 Å². The third-order valence-electron chi connectivity index (χ3n) is 3.87. The summed E-state index contributed by atoms with van der Waals surface area (Å²) in [6, 6.07) is 17.5. The molecule has 1 aromatic heterocycles. The lowest BCUT2D eigenvalue weighted by molar-refractivity contribution is -0.113. The number of nitrogens with one attached hydrogen (secondary N) is 1. The maximum atomic E-state index is 12.2. The number of nitrogens with zero attached hydrogens (tertiary/aromatic N) is 4. The van der Waals surface area contributed by atoms with Gasteiger partial charge in [0.05, 0.1) is 17.5 Å². The summed E-state index contributed by atoms with van der Waals surface area (Å²) in [6.07, 6.45) is 0. The zero-order chi connectivity index (χ0) is 19.8. The predicted molar refractivity (Wildman–Crippen MR) is 110 cm³/mol. The minimum atomic E-state index is -0.0605. The van der Waals surface area contributed by atoms with Gasteiger partial charge in [-0.15, -0.1) is 16.9 Å². The molecule has 0 bridgehead atoms. The van der Waals surface area contributed by atoms with Crippen molar-refractivity contribution in [2.24, 2.45) is 0 Å². The molecule has 3 rings (SSSR count). The van der Waals surface area contributed by atoms with Crippen molar-refractivity contribution in [1.82, 2.24) is 20.2 Å². The third kappa shape index (κ3) is 5.82. The fourth-order valence-corrected chi connectivity index (χ4v) is 3.30. The van der Waals surface area contributed by atoms with Crippen molar-refractivity contribution in [2.45, 2.75) is 32.2 Å². The Hall–Kier alpha value is -2.87. The number of ether oxygens (including phenoxy) is 1. The van der Waals surface area contributed by atoms with E-state index >= 15 is 0 Å². The van der Waals surface area contributed by atoms with E-state index in [1.807, 2.05) is 68.4 Å². The number of anilines is 1. The number of carbonyl (C=O) groups excluding carboxylic acids is 1. The van der Waals surface area contributed by atoms with Crippen molar-refractivity contribution in [1.29, 1.82) is 0 Å². The fraction of sp³-hybridized carbons (Fsp3) is 0.300. The Kier molecular flexibility index (Phi) is 7.02. The standard InChI is InChI=1S/C20H23N5O2S/c1-15(2)25-19(22-23-24-25)13-28-14-20(26)21-17-8-6-7-16(11-17)12-27-18-9-4-3-5-10-18/h3-11,15H,12-14H2,1-2H3,(H,21,26). The zero-order valence-electron chi connectivity index (χ0n) is 15.9. The van der Waals surface area contributed by atoms with Crippen LogP contribution in [-0.2, 0) is 17.2 Å². The van der Waals surface area contributed by atoms with Gasteiger partial charge in [0.25, 0.3) is 0 Å². The van der Waals surface area contributed by atoms with Gasteiger partial charge < -0.3 is 10.1 Å². The van der Waals surface area contributed by atoms with Crippen molar-refractivity contribution in [2.75, 3.05) is 11.1 Å². The second-order valence-electron chi connectivity index (χ2n) is 6.48. The normalized spacial score (nSPS) is 10.8. The molecule has 0 radical (unpaired) electrons. The first-order chi connectivity index (χ1) is 13.6. The van der Waals surface area contributed by atoms with Gasteiger partial charge in [-0.05, 0) is 54.1 Å². The lowest BCUT2D eigenvalue weighted by atomic mass is 10.2. The molecular weight excluding hydrogens is 374 g/mol. The van der Waals surface area contributed by atoms with Gasteiger partial charge in [-0.2, -0.15) is 0 Å². The molecule has 0 saturated carbocycles. The average molecular weight is 398 g/mol. The van der Waals surface area contributed by atoms with E-state index in [0.717, 1.165) is 22.8 Å². The van der Waals surface area contributed by atoms with Gasteiger partial charge in [-0.1, -0.05) is 30.3 Å². The van der Waals surface area contributed by atoms with E-state index in [1.165, 1.54) is 11.8 Å². The highest BCUT2D eigenvalue weighted by Gasteiger charge is 2.10. The maximum absolute atomic E-state index is 12.2. The second kappa shape index (κ2) is 9.89. The van der Waals surface area contributed by atoms with Crippen LogP contribution in [0.1, 0.15) is 31.3 Å². The van der Waals surface area contributed by atoms with Crippen molar-refractivity contribution >= 4 is 23.4 Å². The van der Waals surface area contributed by atoms with Crippen LogP contribution in [0.25, 0.3) is 0 Å². The van der Waals surface area contributed by atoms with Gasteiger partial charge in [-0.3, -0.25) is 4.79 Å². The molecule has 1 heterocycles. The summed E-state index contributed by atoms with van der Waals surface area (Å²) in [7, 11) is 0. The summed E-state index contributed by atoms with van der Waals surface area (Å²) in [6.45, 7) is 4.48. The van der Waals surface area contributed by atoms with Crippen LogP contribution in [0.5, 0.6) is 5.75 Å². The summed E-state index contributed by atoms with van der Waals surface area (Å²) in [5.74, 6) is 2.44. The Bertz CT molecular complexity index is 898. The second-order valence-corrected chi connectivity index (χ2v) is 7.46. The van der Waals surface area contributed by atoms with E-state index in [4.69, 9.17) is 4.74 Å². The van der Waals surface area contributed by atoms with Crippen LogP contribution >= 0.6 is 11.8 Å². The summed E-state index contributed by atoms with van der Waals surface area (Å²) < 4.78 is 7.52. The van der Waals surface area contributed by atoms with Gasteiger partial charge >= 0.3 is 0 Å². The number of hydrogen-bond acceptors (Lipinski definition) is 6. The van der Waals surface area contributed by atoms with E-state index in [9.17, 15) is 4.79 Å². The monoisotopic (exact) mass is 397 g/mol. The molecule has 2 aromatic carbocycles. The van der Waals surface area contributed by atoms with Crippen LogP contribution in [-0.4, -0.2) is 31.9 Å². The first-order valence-corrected chi connectivity index (χ1v) is 10.2. The lowest BCUT2D eigenvalue weighted by Crippen LogP contribution is -2.15. The number of carbonyl (C=O) groups is 1. The molecule has 146 valence electrons. The summed E-state index contributed by atoms with van der Waals surface area (Å²) >= 11 is 1.48. The molecule has 0 unspecified atom stereocenters. The number of aromatic nitrogens is 4. The van der Waals surface area contributed by atoms with E-state index in [-0.39, 0.29) is 11.9 Å². The maximum Gasteiger partial charge on any atom is 0.234 e. The quantitative estimate of drug-likeness (QED) is 0.593.